The molecule has 18 heavy (non-hydrogen) atoms. The Hall–Kier alpha value is -1.14. The van der Waals surface area contributed by atoms with Crippen molar-refractivity contribution < 1.29 is 19.4 Å². The third-order valence-electron chi connectivity index (χ3n) is 3.48. The van der Waals surface area contributed by atoms with Crippen LogP contribution < -0.4 is 11.1 Å². The molecule has 6 heteroatoms. The molecular weight excluding hydrogens is 236 g/mol. The normalized spacial score (nSPS) is 24.8. The lowest BCUT2D eigenvalue weighted by atomic mass is 9.96. The van der Waals surface area contributed by atoms with Gasteiger partial charge in [0.15, 0.2) is 0 Å². The minimum absolute atomic E-state index is 0.0288. The van der Waals surface area contributed by atoms with Crippen molar-refractivity contribution in [3.63, 3.8) is 0 Å². The van der Waals surface area contributed by atoms with Crippen LogP contribution in [0.1, 0.15) is 25.7 Å². The predicted molar refractivity (Wildman–Crippen MR) is 65.9 cm³/mol. The first-order chi connectivity index (χ1) is 8.56. The van der Waals surface area contributed by atoms with E-state index in [1.165, 1.54) is 0 Å². The van der Waals surface area contributed by atoms with Gasteiger partial charge in [-0.2, -0.15) is 0 Å². The fraction of sp³-hybridized carbons (Fsp3) is 0.833. The SMILES string of the molecule is COCCC(N)C(=O)NCC1CCCC1C(=O)O. The second-order valence-corrected chi connectivity index (χ2v) is 4.77. The number of hydrogen-bond donors (Lipinski definition) is 3. The van der Waals surface area contributed by atoms with Gasteiger partial charge in [-0.05, 0) is 25.2 Å². The zero-order chi connectivity index (χ0) is 13.5. The Labute approximate surface area is 107 Å². The molecule has 1 saturated carbocycles. The van der Waals surface area contributed by atoms with Gasteiger partial charge in [-0.25, -0.2) is 0 Å². The molecule has 6 nitrogen and oxygen atoms in total. The smallest absolute Gasteiger partial charge is 0.306 e. The van der Waals surface area contributed by atoms with Gasteiger partial charge < -0.3 is 20.9 Å². The molecule has 104 valence electrons. The molecule has 0 spiro atoms. The third-order valence-corrected chi connectivity index (χ3v) is 3.48. The highest BCUT2D eigenvalue weighted by atomic mass is 16.5. The van der Waals surface area contributed by atoms with Crippen molar-refractivity contribution in [2.75, 3.05) is 20.3 Å². The molecule has 1 aliphatic carbocycles. The molecule has 3 unspecified atom stereocenters. The molecule has 0 bridgehead atoms. The molecule has 1 amide bonds. The van der Waals surface area contributed by atoms with E-state index in [0.717, 1.165) is 12.8 Å². The highest BCUT2D eigenvalue weighted by Crippen LogP contribution is 2.31. The fourth-order valence-electron chi connectivity index (χ4n) is 2.34. The summed E-state index contributed by atoms with van der Waals surface area (Å²) in [7, 11) is 1.56. The standard InChI is InChI=1S/C12H22N2O4/c1-18-6-5-10(13)11(15)14-7-8-3-2-4-9(8)12(16)17/h8-10H,2-7,13H2,1H3,(H,14,15)(H,16,17). The molecule has 3 atom stereocenters. The number of nitrogens with one attached hydrogen (secondary N) is 1. The molecule has 1 aliphatic rings. The fourth-order valence-corrected chi connectivity index (χ4v) is 2.34. The van der Waals surface area contributed by atoms with E-state index in [4.69, 9.17) is 15.6 Å². The van der Waals surface area contributed by atoms with Crippen LogP contribution in [0.2, 0.25) is 0 Å². The average molecular weight is 258 g/mol. The lowest BCUT2D eigenvalue weighted by molar-refractivity contribution is -0.143. The number of carbonyl (C=O) groups is 2. The van der Waals surface area contributed by atoms with Crippen molar-refractivity contribution >= 4 is 11.9 Å². The van der Waals surface area contributed by atoms with Crippen molar-refractivity contribution in [2.24, 2.45) is 17.6 Å². The van der Waals surface area contributed by atoms with Crippen LogP contribution in [0.4, 0.5) is 0 Å². The summed E-state index contributed by atoms with van der Waals surface area (Å²) in [6.07, 6.45) is 2.93. The van der Waals surface area contributed by atoms with E-state index in [2.05, 4.69) is 5.32 Å². The van der Waals surface area contributed by atoms with E-state index < -0.39 is 12.0 Å². The van der Waals surface area contributed by atoms with Crippen LogP contribution in [0.3, 0.4) is 0 Å². The number of amides is 1. The third kappa shape index (κ3) is 4.27. The summed E-state index contributed by atoms with van der Waals surface area (Å²) in [5.41, 5.74) is 5.67. The number of carboxylic acid groups (broad SMARTS) is 1. The molecule has 0 aromatic rings. The van der Waals surface area contributed by atoms with Gasteiger partial charge >= 0.3 is 5.97 Å². The molecule has 4 N–H and O–H groups in total. The predicted octanol–water partition coefficient (Wildman–Crippen LogP) is -0.0327. The Kier molecular flexibility index (Phi) is 6.07. The maximum absolute atomic E-state index is 11.6. The van der Waals surface area contributed by atoms with Crippen molar-refractivity contribution in [2.45, 2.75) is 31.7 Å². The Balaban J connectivity index is 2.31. The van der Waals surface area contributed by atoms with Crippen LogP contribution in [0.5, 0.6) is 0 Å². The summed E-state index contributed by atoms with van der Waals surface area (Å²) >= 11 is 0. The Bertz CT molecular complexity index is 296. The molecule has 0 heterocycles. The molecule has 0 aliphatic heterocycles. The van der Waals surface area contributed by atoms with Gasteiger partial charge in [0.25, 0.3) is 0 Å². The summed E-state index contributed by atoms with van der Waals surface area (Å²) in [6.45, 7) is 0.840. The second-order valence-electron chi connectivity index (χ2n) is 4.77. The van der Waals surface area contributed by atoms with Crippen LogP contribution in [-0.2, 0) is 14.3 Å². The van der Waals surface area contributed by atoms with Crippen LogP contribution >= 0.6 is 0 Å². The van der Waals surface area contributed by atoms with Crippen molar-refractivity contribution in [1.29, 1.82) is 0 Å². The first-order valence-electron chi connectivity index (χ1n) is 6.31. The number of methoxy groups -OCH3 is 1. The molecule has 1 rings (SSSR count). The molecule has 0 aromatic carbocycles. The zero-order valence-corrected chi connectivity index (χ0v) is 10.7. The van der Waals surface area contributed by atoms with Crippen LogP contribution in [0.25, 0.3) is 0 Å². The minimum atomic E-state index is -0.768. The quantitative estimate of drug-likeness (QED) is 0.595. The number of aliphatic carboxylic acids is 1. The number of ether oxygens (including phenoxy) is 1. The summed E-state index contributed by atoms with van der Waals surface area (Å²) < 4.78 is 4.85. The summed E-state index contributed by atoms with van der Waals surface area (Å²) in [5.74, 6) is -1.31. The summed E-state index contributed by atoms with van der Waals surface area (Å²) in [6, 6.07) is -0.588. The van der Waals surface area contributed by atoms with Gasteiger partial charge in [-0.1, -0.05) is 6.42 Å². The van der Waals surface area contributed by atoms with E-state index in [9.17, 15) is 9.59 Å². The zero-order valence-electron chi connectivity index (χ0n) is 10.7. The van der Waals surface area contributed by atoms with Crippen LogP contribution in [0, 0.1) is 11.8 Å². The van der Waals surface area contributed by atoms with Gasteiger partial charge in [0.2, 0.25) is 5.91 Å². The maximum Gasteiger partial charge on any atom is 0.306 e. The van der Waals surface area contributed by atoms with Crippen LogP contribution in [0.15, 0.2) is 0 Å². The van der Waals surface area contributed by atoms with Gasteiger partial charge in [0.1, 0.15) is 0 Å². The second kappa shape index (κ2) is 7.33. The first-order valence-corrected chi connectivity index (χ1v) is 6.31. The van der Waals surface area contributed by atoms with E-state index in [0.29, 0.717) is 26.0 Å². The van der Waals surface area contributed by atoms with Crippen molar-refractivity contribution in [1.82, 2.24) is 5.32 Å². The van der Waals surface area contributed by atoms with Gasteiger partial charge in [0, 0.05) is 20.3 Å². The summed E-state index contributed by atoms with van der Waals surface area (Å²) in [5, 5.41) is 11.8. The average Bonchev–Trinajstić information content (AvgIpc) is 2.81. The maximum atomic E-state index is 11.6. The molecule has 0 radical (unpaired) electrons. The number of hydrogen-bond acceptors (Lipinski definition) is 4. The topological polar surface area (TPSA) is 102 Å². The van der Waals surface area contributed by atoms with E-state index in [1.54, 1.807) is 7.11 Å². The van der Waals surface area contributed by atoms with Crippen LogP contribution in [-0.4, -0.2) is 43.3 Å². The molecule has 1 fully saturated rings. The highest BCUT2D eigenvalue weighted by Gasteiger charge is 2.33. The Morgan fingerprint density at radius 1 is 1.50 bits per heavy atom. The van der Waals surface area contributed by atoms with E-state index >= 15 is 0 Å². The first kappa shape index (κ1) is 14.9. The molecular formula is C12H22N2O4. The monoisotopic (exact) mass is 258 g/mol. The Morgan fingerprint density at radius 2 is 2.22 bits per heavy atom. The number of carbonyl (C=O) groups excluding carboxylic acids is 1. The number of nitrogens with two attached hydrogens (primary N) is 1. The van der Waals surface area contributed by atoms with E-state index in [1.807, 2.05) is 0 Å². The molecule has 0 aromatic heterocycles. The highest BCUT2D eigenvalue weighted by molar-refractivity contribution is 5.81. The van der Waals surface area contributed by atoms with Crippen molar-refractivity contribution in [3.8, 4) is 0 Å². The minimum Gasteiger partial charge on any atom is -0.481 e. The van der Waals surface area contributed by atoms with Crippen molar-refractivity contribution in [3.05, 3.63) is 0 Å². The van der Waals surface area contributed by atoms with Gasteiger partial charge in [-0.3, -0.25) is 9.59 Å². The summed E-state index contributed by atoms with van der Waals surface area (Å²) in [4.78, 5) is 22.6. The lowest BCUT2D eigenvalue weighted by Crippen LogP contribution is -2.43. The number of carboxylic acids is 1. The van der Waals surface area contributed by atoms with E-state index in [-0.39, 0.29) is 17.7 Å². The van der Waals surface area contributed by atoms with Gasteiger partial charge in [0.05, 0.1) is 12.0 Å². The largest absolute Gasteiger partial charge is 0.481 e. The lowest BCUT2D eigenvalue weighted by Gasteiger charge is -2.18. The van der Waals surface area contributed by atoms with Gasteiger partial charge in [-0.15, -0.1) is 0 Å². The number of rotatable bonds is 7. The Morgan fingerprint density at radius 3 is 2.83 bits per heavy atom. The molecule has 0 saturated heterocycles.